The van der Waals surface area contributed by atoms with E-state index in [1.165, 1.54) is 6.42 Å². The largest absolute Gasteiger partial charge is 0.462 e. The summed E-state index contributed by atoms with van der Waals surface area (Å²) in [6, 6.07) is 0. The topological polar surface area (TPSA) is 56.3 Å². The molecule has 0 N–H and O–H groups in total. The second kappa shape index (κ2) is 5.73. The van der Waals surface area contributed by atoms with E-state index >= 15 is 0 Å². The first-order valence-electron chi connectivity index (χ1n) is 8.62. The van der Waals surface area contributed by atoms with Gasteiger partial charge in [0, 0.05) is 12.0 Å². The number of hydrogen-bond donors (Lipinski definition) is 0. The second-order valence-corrected chi connectivity index (χ2v) is 7.32. The van der Waals surface area contributed by atoms with Crippen LogP contribution in [0.2, 0.25) is 0 Å². The summed E-state index contributed by atoms with van der Waals surface area (Å²) in [6.07, 6.45) is 4.92. The molecule has 3 rings (SSSR count). The maximum atomic E-state index is 12.7. The van der Waals surface area contributed by atoms with Crippen LogP contribution in [0.5, 0.6) is 0 Å². The Morgan fingerprint density at radius 3 is 2.52 bits per heavy atom. The van der Waals surface area contributed by atoms with Gasteiger partial charge in [-0.3, -0.25) is 9.78 Å². The molecule has 124 valence electrons. The maximum Gasteiger partial charge on any atom is 0.340 e. The van der Waals surface area contributed by atoms with Crippen molar-refractivity contribution >= 4 is 11.8 Å². The van der Waals surface area contributed by atoms with Gasteiger partial charge in [0.25, 0.3) is 0 Å². The summed E-state index contributed by atoms with van der Waals surface area (Å²) >= 11 is 0. The number of ether oxygens (including phenoxy) is 1. The fourth-order valence-electron chi connectivity index (χ4n) is 4.04. The van der Waals surface area contributed by atoms with Gasteiger partial charge in [-0.25, -0.2) is 4.79 Å². The summed E-state index contributed by atoms with van der Waals surface area (Å²) in [6.45, 7) is 8.04. The molecule has 1 aromatic heterocycles. The average Bonchev–Trinajstić information content (AvgIpc) is 2.44. The molecule has 23 heavy (non-hydrogen) atoms. The van der Waals surface area contributed by atoms with Crippen molar-refractivity contribution in [2.24, 2.45) is 5.41 Å². The summed E-state index contributed by atoms with van der Waals surface area (Å²) in [5.41, 5.74) is 3.74. The van der Waals surface area contributed by atoms with Gasteiger partial charge in [-0.2, -0.15) is 0 Å². The summed E-state index contributed by atoms with van der Waals surface area (Å²) in [5.74, 6) is -0.0923. The van der Waals surface area contributed by atoms with E-state index in [0.717, 1.165) is 36.2 Å². The van der Waals surface area contributed by atoms with Crippen LogP contribution in [-0.2, 0) is 11.2 Å². The number of aromatic nitrogens is 1. The van der Waals surface area contributed by atoms with E-state index in [1.807, 2.05) is 20.8 Å². The highest BCUT2D eigenvalue weighted by atomic mass is 16.5. The first-order chi connectivity index (χ1) is 10.9. The Kier molecular flexibility index (Phi) is 4.03. The van der Waals surface area contributed by atoms with E-state index in [-0.39, 0.29) is 23.1 Å². The molecule has 1 fully saturated rings. The maximum absolute atomic E-state index is 12.7. The predicted octanol–water partition coefficient (Wildman–Crippen LogP) is 3.99. The molecule has 0 aliphatic heterocycles. The molecule has 4 nitrogen and oxygen atoms in total. The normalized spacial score (nSPS) is 18.7. The molecule has 1 saturated carbocycles. The van der Waals surface area contributed by atoms with Crippen molar-refractivity contribution in [1.29, 1.82) is 0 Å². The minimum absolute atomic E-state index is 0.118. The van der Waals surface area contributed by atoms with Gasteiger partial charge in [0.2, 0.25) is 0 Å². The minimum atomic E-state index is -0.360. The molecule has 0 amide bonds. The summed E-state index contributed by atoms with van der Waals surface area (Å²) in [4.78, 5) is 29.9. The average molecular weight is 315 g/mol. The van der Waals surface area contributed by atoms with Crippen LogP contribution >= 0.6 is 0 Å². The number of nitrogens with zero attached hydrogens (tertiary/aromatic N) is 1. The Hall–Kier alpha value is -1.71. The summed E-state index contributed by atoms with van der Waals surface area (Å²) in [7, 11) is 0. The molecule has 0 atom stereocenters. The van der Waals surface area contributed by atoms with Crippen molar-refractivity contribution in [3.05, 3.63) is 28.1 Å². The van der Waals surface area contributed by atoms with Crippen LogP contribution in [0.15, 0.2) is 0 Å². The molecular weight excluding hydrogens is 290 g/mol. The number of ketones is 1. The zero-order chi connectivity index (χ0) is 16.8. The minimum Gasteiger partial charge on any atom is -0.462 e. The number of Topliss-reactive ketones (excluding diaryl/α,β-unsaturated/α-hetero) is 1. The van der Waals surface area contributed by atoms with Crippen LogP contribution in [0.25, 0.3) is 0 Å². The number of carbonyl (C=O) groups excluding carboxylic acids is 2. The van der Waals surface area contributed by atoms with Crippen molar-refractivity contribution in [1.82, 2.24) is 4.98 Å². The van der Waals surface area contributed by atoms with Crippen molar-refractivity contribution in [2.75, 3.05) is 6.61 Å². The van der Waals surface area contributed by atoms with Crippen molar-refractivity contribution in [3.8, 4) is 0 Å². The lowest BCUT2D eigenvalue weighted by Crippen LogP contribution is -2.39. The molecule has 0 saturated heterocycles. The zero-order valence-electron chi connectivity index (χ0n) is 14.5. The highest BCUT2D eigenvalue weighted by Gasteiger charge is 2.45. The molecule has 1 heterocycles. The van der Waals surface area contributed by atoms with E-state index in [2.05, 4.69) is 0 Å². The zero-order valence-corrected chi connectivity index (χ0v) is 14.5. The van der Waals surface area contributed by atoms with E-state index in [9.17, 15) is 9.59 Å². The number of rotatable bonds is 3. The quantitative estimate of drug-likeness (QED) is 0.791. The van der Waals surface area contributed by atoms with Gasteiger partial charge in [0.15, 0.2) is 5.78 Å². The molecule has 0 unspecified atom stereocenters. The van der Waals surface area contributed by atoms with Gasteiger partial charge in [-0.15, -0.1) is 0 Å². The Morgan fingerprint density at radius 2 is 2.00 bits per heavy atom. The third kappa shape index (κ3) is 2.58. The van der Waals surface area contributed by atoms with Crippen molar-refractivity contribution in [2.45, 2.75) is 65.7 Å². The summed E-state index contributed by atoms with van der Waals surface area (Å²) in [5, 5.41) is 0. The lowest BCUT2D eigenvalue weighted by atomic mass is 9.60. The fourth-order valence-corrected chi connectivity index (χ4v) is 4.04. The SMILES string of the molecule is CCOC(=O)c1c(C(C)C)nc2c(c1C)C(=O)CC1(CCC1)C2. The highest BCUT2D eigenvalue weighted by molar-refractivity contribution is 6.03. The van der Waals surface area contributed by atoms with Crippen LogP contribution in [0, 0.1) is 12.3 Å². The molecule has 0 bridgehead atoms. The van der Waals surface area contributed by atoms with Gasteiger partial charge in [-0.1, -0.05) is 20.3 Å². The lowest BCUT2D eigenvalue weighted by molar-refractivity contribution is 0.0522. The van der Waals surface area contributed by atoms with Gasteiger partial charge in [-0.05, 0) is 50.0 Å². The van der Waals surface area contributed by atoms with E-state index < -0.39 is 0 Å². The monoisotopic (exact) mass is 315 g/mol. The standard InChI is InChI=1S/C19H25NO3/c1-5-23-18(22)16-12(4)15-13(20-17(16)11(2)3)9-19(7-6-8-19)10-14(15)21/h11H,5-10H2,1-4H3. The lowest BCUT2D eigenvalue weighted by Gasteiger charge is -2.44. The van der Waals surface area contributed by atoms with Gasteiger partial charge in [0.1, 0.15) is 0 Å². The van der Waals surface area contributed by atoms with Gasteiger partial charge in [0.05, 0.1) is 23.6 Å². The fraction of sp³-hybridized carbons (Fsp3) is 0.632. The van der Waals surface area contributed by atoms with E-state index in [4.69, 9.17) is 9.72 Å². The molecule has 2 aliphatic carbocycles. The Balaban J connectivity index is 2.15. The smallest absolute Gasteiger partial charge is 0.340 e. The molecule has 1 spiro atoms. The van der Waals surface area contributed by atoms with Crippen molar-refractivity contribution < 1.29 is 14.3 Å². The number of fused-ring (bicyclic) bond motifs is 1. The van der Waals surface area contributed by atoms with Crippen LogP contribution in [-0.4, -0.2) is 23.3 Å². The first kappa shape index (κ1) is 16.2. The molecule has 0 radical (unpaired) electrons. The Bertz CT molecular complexity index is 672. The molecule has 2 aliphatic rings. The number of pyridine rings is 1. The molecule has 0 aromatic carbocycles. The number of hydrogen-bond acceptors (Lipinski definition) is 4. The molecular formula is C19H25NO3. The van der Waals surface area contributed by atoms with Gasteiger partial charge < -0.3 is 4.74 Å². The number of carbonyl (C=O) groups is 2. The van der Waals surface area contributed by atoms with Crippen LogP contribution in [0.1, 0.15) is 90.0 Å². The second-order valence-electron chi connectivity index (χ2n) is 7.32. The third-order valence-corrected chi connectivity index (χ3v) is 5.35. The first-order valence-corrected chi connectivity index (χ1v) is 8.62. The van der Waals surface area contributed by atoms with Crippen LogP contribution in [0.4, 0.5) is 0 Å². The Labute approximate surface area is 137 Å². The highest BCUT2D eigenvalue weighted by Crippen LogP contribution is 2.50. The Morgan fingerprint density at radius 1 is 1.30 bits per heavy atom. The van der Waals surface area contributed by atoms with Crippen LogP contribution < -0.4 is 0 Å². The number of esters is 1. The van der Waals surface area contributed by atoms with Crippen LogP contribution in [0.3, 0.4) is 0 Å². The van der Waals surface area contributed by atoms with E-state index in [1.54, 1.807) is 6.92 Å². The molecule has 4 heteroatoms. The third-order valence-electron chi connectivity index (χ3n) is 5.35. The van der Waals surface area contributed by atoms with Gasteiger partial charge >= 0.3 is 5.97 Å². The van der Waals surface area contributed by atoms with Crippen molar-refractivity contribution in [3.63, 3.8) is 0 Å². The molecule has 1 aromatic rings. The predicted molar refractivity (Wildman–Crippen MR) is 88.0 cm³/mol. The van der Waals surface area contributed by atoms with E-state index in [0.29, 0.717) is 24.2 Å². The summed E-state index contributed by atoms with van der Waals surface area (Å²) < 4.78 is 5.21.